The van der Waals surface area contributed by atoms with Gasteiger partial charge in [-0.05, 0) is 25.3 Å². The zero-order valence-electron chi connectivity index (χ0n) is 11.3. The van der Waals surface area contributed by atoms with E-state index in [1.807, 2.05) is 39.0 Å². The van der Waals surface area contributed by atoms with E-state index in [2.05, 4.69) is 4.99 Å². The van der Waals surface area contributed by atoms with Crippen LogP contribution in [0.1, 0.15) is 43.1 Å². The van der Waals surface area contributed by atoms with Gasteiger partial charge in [-0.1, -0.05) is 32.0 Å². The first-order valence-corrected chi connectivity index (χ1v) is 6.52. The predicted molar refractivity (Wildman–Crippen MR) is 72.0 cm³/mol. The number of hydrogen-bond donors (Lipinski definition) is 0. The van der Waals surface area contributed by atoms with Gasteiger partial charge in [0.25, 0.3) is 11.8 Å². The molecule has 98 valence electrons. The van der Waals surface area contributed by atoms with E-state index in [4.69, 9.17) is 0 Å². The number of rotatable bonds is 2. The second-order valence-corrected chi connectivity index (χ2v) is 5.80. The van der Waals surface area contributed by atoms with Crippen molar-refractivity contribution in [2.75, 3.05) is 0 Å². The SMILES string of the molecule is CC(C)CC1(C)C(=O)N=C2c3ccccc3C(=O)N21. The molecule has 1 atom stereocenters. The Bertz CT molecular complexity index is 618. The minimum atomic E-state index is -0.834. The molecule has 0 saturated carbocycles. The van der Waals surface area contributed by atoms with Crippen LogP contribution < -0.4 is 0 Å². The first-order chi connectivity index (χ1) is 8.95. The van der Waals surface area contributed by atoms with Gasteiger partial charge in [-0.2, -0.15) is 4.99 Å². The van der Waals surface area contributed by atoms with Crippen LogP contribution >= 0.6 is 0 Å². The lowest BCUT2D eigenvalue weighted by atomic mass is 9.89. The zero-order valence-corrected chi connectivity index (χ0v) is 11.3. The van der Waals surface area contributed by atoms with Crippen molar-refractivity contribution < 1.29 is 9.59 Å². The van der Waals surface area contributed by atoms with Gasteiger partial charge in [0.1, 0.15) is 11.4 Å². The van der Waals surface area contributed by atoms with Crippen LogP contribution in [0.4, 0.5) is 0 Å². The molecular weight excluding hydrogens is 240 g/mol. The first kappa shape index (κ1) is 12.1. The summed E-state index contributed by atoms with van der Waals surface area (Å²) < 4.78 is 0. The van der Waals surface area contributed by atoms with Crippen molar-refractivity contribution in [2.24, 2.45) is 10.9 Å². The summed E-state index contributed by atoms with van der Waals surface area (Å²) in [5, 5.41) is 0. The molecular formula is C15H16N2O2. The van der Waals surface area contributed by atoms with Crippen LogP contribution in [0.5, 0.6) is 0 Å². The second-order valence-electron chi connectivity index (χ2n) is 5.80. The van der Waals surface area contributed by atoms with Crippen molar-refractivity contribution in [1.29, 1.82) is 0 Å². The molecule has 1 aromatic carbocycles. The number of hydrogen-bond acceptors (Lipinski definition) is 2. The van der Waals surface area contributed by atoms with Crippen molar-refractivity contribution in [1.82, 2.24) is 4.90 Å². The average molecular weight is 256 g/mol. The van der Waals surface area contributed by atoms with E-state index in [-0.39, 0.29) is 11.8 Å². The van der Waals surface area contributed by atoms with Gasteiger partial charge in [-0.15, -0.1) is 0 Å². The van der Waals surface area contributed by atoms with Gasteiger partial charge in [0.05, 0.1) is 5.56 Å². The molecule has 2 aliphatic heterocycles. The quantitative estimate of drug-likeness (QED) is 0.814. The maximum atomic E-state index is 12.5. The Morgan fingerprint density at radius 3 is 2.47 bits per heavy atom. The molecule has 1 unspecified atom stereocenters. The minimum absolute atomic E-state index is 0.108. The highest BCUT2D eigenvalue weighted by molar-refractivity contribution is 6.30. The van der Waals surface area contributed by atoms with Gasteiger partial charge in [0.2, 0.25) is 0 Å². The Morgan fingerprint density at radius 2 is 1.84 bits per heavy atom. The van der Waals surface area contributed by atoms with E-state index in [0.29, 0.717) is 23.7 Å². The summed E-state index contributed by atoms with van der Waals surface area (Å²) in [5.74, 6) is 0.524. The standard InChI is InChI=1S/C15H16N2O2/c1-9(2)8-15(3)14(19)16-12-10-6-4-5-7-11(10)13(18)17(12)15/h4-7,9H,8H2,1-3H3. The van der Waals surface area contributed by atoms with Crippen LogP contribution in [-0.4, -0.2) is 28.1 Å². The summed E-state index contributed by atoms with van der Waals surface area (Å²) in [5.41, 5.74) is 0.580. The van der Waals surface area contributed by atoms with Crippen molar-refractivity contribution in [3.63, 3.8) is 0 Å². The number of amidine groups is 1. The molecule has 1 aromatic rings. The highest BCUT2D eigenvalue weighted by atomic mass is 16.2. The molecule has 0 aromatic heterocycles. The van der Waals surface area contributed by atoms with Gasteiger partial charge in [0.15, 0.2) is 0 Å². The van der Waals surface area contributed by atoms with Gasteiger partial charge < -0.3 is 0 Å². The van der Waals surface area contributed by atoms with Gasteiger partial charge in [-0.25, -0.2) is 0 Å². The van der Waals surface area contributed by atoms with Crippen LogP contribution in [0.2, 0.25) is 0 Å². The van der Waals surface area contributed by atoms with E-state index < -0.39 is 5.54 Å². The average Bonchev–Trinajstić information content (AvgIpc) is 2.76. The topological polar surface area (TPSA) is 49.7 Å². The smallest absolute Gasteiger partial charge is 0.273 e. The first-order valence-electron chi connectivity index (χ1n) is 6.52. The van der Waals surface area contributed by atoms with Crippen LogP contribution in [0, 0.1) is 5.92 Å². The highest BCUT2D eigenvalue weighted by Crippen LogP contribution is 2.38. The molecule has 2 amide bonds. The summed E-state index contributed by atoms with van der Waals surface area (Å²) in [6.07, 6.45) is 0.624. The molecule has 2 heterocycles. The molecule has 0 radical (unpaired) electrons. The molecule has 0 saturated heterocycles. The Labute approximate surface area is 112 Å². The summed E-state index contributed by atoms with van der Waals surface area (Å²) >= 11 is 0. The number of benzene rings is 1. The number of fused-ring (bicyclic) bond motifs is 3. The molecule has 2 aliphatic rings. The lowest BCUT2D eigenvalue weighted by Crippen LogP contribution is -2.50. The Hall–Kier alpha value is -1.97. The third kappa shape index (κ3) is 1.49. The van der Waals surface area contributed by atoms with E-state index >= 15 is 0 Å². The van der Waals surface area contributed by atoms with Crippen LogP contribution in [0.15, 0.2) is 29.3 Å². The van der Waals surface area contributed by atoms with E-state index in [9.17, 15) is 9.59 Å². The Balaban J connectivity index is 2.12. The van der Waals surface area contributed by atoms with Crippen molar-refractivity contribution in [3.05, 3.63) is 35.4 Å². The fraction of sp³-hybridized carbons (Fsp3) is 0.400. The molecule has 4 nitrogen and oxygen atoms in total. The second kappa shape index (κ2) is 3.76. The molecule has 19 heavy (non-hydrogen) atoms. The van der Waals surface area contributed by atoms with E-state index in [1.165, 1.54) is 0 Å². The summed E-state index contributed by atoms with van der Waals surface area (Å²) in [4.78, 5) is 30.4. The number of amides is 2. The fourth-order valence-electron chi connectivity index (χ4n) is 3.06. The van der Waals surface area contributed by atoms with Gasteiger partial charge >= 0.3 is 0 Å². The fourth-order valence-corrected chi connectivity index (χ4v) is 3.06. The molecule has 0 N–H and O–H groups in total. The van der Waals surface area contributed by atoms with Crippen molar-refractivity contribution >= 4 is 17.6 Å². The summed E-state index contributed by atoms with van der Waals surface area (Å²) in [6.45, 7) is 5.91. The third-order valence-electron chi connectivity index (χ3n) is 3.78. The maximum absolute atomic E-state index is 12.5. The largest absolute Gasteiger partial charge is 0.277 e. The lowest BCUT2D eigenvalue weighted by molar-refractivity contribution is -0.124. The zero-order chi connectivity index (χ0) is 13.8. The van der Waals surface area contributed by atoms with Crippen molar-refractivity contribution in [2.45, 2.75) is 32.7 Å². The number of aliphatic imine (C=N–C) groups is 1. The Morgan fingerprint density at radius 1 is 1.21 bits per heavy atom. The normalized spacial score (nSPS) is 24.8. The molecule has 0 aliphatic carbocycles. The van der Waals surface area contributed by atoms with E-state index in [1.54, 1.807) is 11.0 Å². The van der Waals surface area contributed by atoms with Gasteiger partial charge in [-0.3, -0.25) is 14.5 Å². The van der Waals surface area contributed by atoms with Crippen LogP contribution in [0.25, 0.3) is 0 Å². The number of carbonyl (C=O) groups excluding carboxylic acids is 2. The summed E-state index contributed by atoms with van der Waals surface area (Å²) in [6, 6.07) is 7.33. The minimum Gasteiger partial charge on any atom is -0.277 e. The van der Waals surface area contributed by atoms with E-state index in [0.717, 1.165) is 5.56 Å². The van der Waals surface area contributed by atoms with Crippen molar-refractivity contribution in [3.8, 4) is 0 Å². The monoisotopic (exact) mass is 256 g/mol. The van der Waals surface area contributed by atoms with Gasteiger partial charge in [0, 0.05) is 5.56 Å². The molecule has 0 bridgehead atoms. The number of carbonyl (C=O) groups is 2. The highest BCUT2D eigenvalue weighted by Gasteiger charge is 2.53. The predicted octanol–water partition coefficient (Wildman–Crippen LogP) is 2.23. The maximum Gasteiger partial charge on any atom is 0.273 e. The molecule has 0 fully saturated rings. The lowest BCUT2D eigenvalue weighted by Gasteiger charge is -2.32. The summed E-state index contributed by atoms with van der Waals surface area (Å²) in [7, 11) is 0. The van der Waals surface area contributed by atoms with Crippen LogP contribution in [-0.2, 0) is 4.79 Å². The molecule has 0 spiro atoms. The molecule has 4 heteroatoms. The third-order valence-corrected chi connectivity index (χ3v) is 3.78. The number of nitrogens with zero attached hydrogens (tertiary/aromatic N) is 2. The Kier molecular flexibility index (Phi) is 2.39. The molecule has 3 rings (SSSR count). The van der Waals surface area contributed by atoms with Crippen LogP contribution in [0.3, 0.4) is 0 Å².